The number of piperazine rings is 1. The minimum absolute atomic E-state index is 0. The van der Waals surface area contributed by atoms with E-state index in [1.807, 2.05) is 13.8 Å². The number of hydrogen-bond acceptors (Lipinski definition) is 4. The zero-order chi connectivity index (χ0) is 16.2. The zero-order valence-electron chi connectivity index (χ0n) is 13.4. The van der Waals surface area contributed by atoms with Crippen LogP contribution < -0.4 is 10.0 Å². The molecule has 1 fully saturated rings. The fourth-order valence-corrected chi connectivity index (χ4v) is 3.64. The van der Waals surface area contributed by atoms with Gasteiger partial charge in [-0.2, -0.15) is 0 Å². The first-order valence-corrected chi connectivity index (χ1v) is 9.19. The number of benzene rings is 1. The van der Waals surface area contributed by atoms with Crippen LogP contribution in [0.3, 0.4) is 0 Å². The van der Waals surface area contributed by atoms with Gasteiger partial charge in [0.2, 0.25) is 10.0 Å². The van der Waals surface area contributed by atoms with E-state index in [2.05, 4.69) is 10.0 Å². The second-order valence-electron chi connectivity index (χ2n) is 5.61. The summed E-state index contributed by atoms with van der Waals surface area (Å²) >= 11 is 0. The Labute approximate surface area is 144 Å². The van der Waals surface area contributed by atoms with Crippen LogP contribution in [0.4, 0.5) is 5.69 Å². The first-order chi connectivity index (χ1) is 10.4. The summed E-state index contributed by atoms with van der Waals surface area (Å²) in [5, 5.41) is 3.29. The molecule has 0 saturated carbocycles. The van der Waals surface area contributed by atoms with Gasteiger partial charge in [0.1, 0.15) is 0 Å². The van der Waals surface area contributed by atoms with E-state index in [1.54, 1.807) is 29.2 Å². The minimum atomic E-state index is -3.35. The average molecular weight is 362 g/mol. The van der Waals surface area contributed by atoms with Crippen LogP contribution in [0, 0.1) is 0 Å². The third kappa shape index (κ3) is 5.67. The maximum Gasteiger partial charge on any atom is 0.254 e. The van der Waals surface area contributed by atoms with Crippen LogP contribution >= 0.6 is 12.4 Å². The normalized spacial score (nSPS) is 18.2. The lowest BCUT2D eigenvalue weighted by Gasteiger charge is -2.32. The lowest BCUT2D eigenvalue weighted by atomic mass is 10.1. The molecule has 6 nitrogen and oxygen atoms in total. The largest absolute Gasteiger partial charge is 0.336 e. The predicted molar refractivity (Wildman–Crippen MR) is 94.8 cm³/mol. The summed E-state index contributed by atoms with van der Waals surface area (Å²) in [5.74, 6) is 0.00501. The van der Waals surface area contributed by atoms with E-state index in [-0.39, 0.29) is 30.1 Å². The Morgan fingerprint density at radius 1 is 1.43 bits per heavy atom. The number of amides is 1. The molecule has 130 valence electrons. The number of hydrogen-bond donors (Lipinski definition) is 2. The highest BCUT2D eigenvalue weighted by Crippen LogP contribution is 2.15. The molecule has 0 spiro atoms. The molecule has 1 atom stereocenters. The average Bonchev–Trinajstić information content (AvgIpc) is 2.46. The van der Waals surface area contributed by atoms with Crippen LogP contribution in [0.1, 0.15) is 30.6 Å². The summed E-state index contributed by atoms with van der Waals surface area (Å²) in [6.45, 7) is 5.94. The van der Waals surface area contributed by atoms with E-state index in [4.69, 9.17) is 0 Å². The van der Waals surface area contributed by atoms with Gasteiger partial charge in [0, 0.05) is 36.9 Å². The van der Waals surface area contributed by atoms with Crippen LogP contribution in [0.15, 0.2) is 24.3 Å². The standard InChI is InChI=1S/C15H23N3O3S.ClH/c1-3-9-22(20,21)17-14-6-4-5-13(10-14)15(19)18-8-7-16-12(2)11-18;/h4-6,10,12,16-17H,3,7-9,11H2,1-2H3;1H. The van der Waals surface area contributed by atoms with Crippen molar-refractivity contribution in [1.82, 2.24) is 10.2 Å². The Morgan fingerprint density at radius 2 is 2.17 bits per heavy atom. The molecule has 1 aliphatic heterocycles. The molecule has 1 aromatic rings. The van der Waals surface area contributed by atoms with Gasteiger partial charge < -0.3 is 10.2 Å². The molecule has 8 heteroatoms. The van der Waals surface area contributed by atoms with Gasteiger partial charge in [0.15, 0.2) is 0 Å². The van der Waals surface area contributed by atoms with Gasteiger partial charge in [0.25, 0.3) is 5.91 Å². The first kappa shape index (κ1) is 19.7. The molecule has 0 bridgehead atoms. The fourth-order valence-electron chi connectivity index (χ4n) is 2.51. The molecule has 2 N–H and O–H groups in total. The summed E-state index contributed by atoms with van der Waals surface area (Å²) in [7, 11) is -3.35. The monoisotopic (exact) mass is 361 g/mol. The number of sulfonamides is 1. The molecule has 0 aliphatic carbocycles. The zero-order valence-corrected chi connectivity index (χ0v) is 15.0. The van der Waals surface area contributed by atoms with Crippen LogP contribution in [0.25, 0.3) is 0 Å². The molecule has 0 aromatic heterocycles. The van der Waals surface area contributed by atoms with Crippen LogP contribution in [-0.4, -0.2) is 50.7 Å². The highest BCUT2D eigenvalue weighted by molar-refractivity contribution is 7.92. The van der Waals surface area contributed by atoms with Gasteiger partial charge in [-0.3, -0.25) is 9.52 Å². The second-order valence-corrected chi connectivity index (χ2v) is 7.45. The van der Waals surface area contributed by atoms with Crippen molar-refractivity contribution < 1.29 is 13.2 Å². The van der Waals surface area contributed by atoms with Crippen molar-refractivity contribution in [3.8, 4) is 0 Å². The molecule has 2 rings (SSSR count). The number of nitrogens with one attached hydrogen (secondary N) is 2. The summed E-state index contributed by atoms with van der Waals surface area (Å²) in [6.07, 6.45) is 0.548. The topological polar surface area (TPSA) is 78.5 Å². The molecule has 23 heavy (non-hydrogen) atoms. The Kier molecular flexibility index (Phi) is 7.31. The third-order valence-electron chi connectivity index (χ3n) is 3.51. The molecule has 1 aliphatic rings. The van der Waals surface area contributed by atoms with Crippen molar-refractivity contribution in [3.05, 3.63) is 29.8 Å². The highest BCUT2D eigenvalue weighted by atomic mass is 35.5. The van der Waals surface area contributed by atoms with Gasteiger partial charge in [0.05, 0.1) is 5.75 Å². The highest BCUT2D eigenvalue weighted by Gasteiger charge is 2.22. The van der Waals surface area contributed by atoms with E-state index in [0.717, 1.165) is 6.54 Å². The Hall–Kier alpha value is -1.31. The molecule has 1 heterocycles. The van der Waals surface area contributed by atoms with Crippen molar-refractivity contribution in [1.29, 1.82) is 0 Å². The summed E-state index contributed by atoms with van der Waals surface area (Å²) in [6, 6.07) is 6.94. The third-order valence-corrected chi connectivity index (χ3v) is 5.00. The van der Waals surface area contributed by atoms with E-state index in [0.29, 0.717) is 30.8 Å². The fraction of sp³-hybridized carbons (Fsp3) is 0.533. The van der Waals surface area contributed by atoms with Crippen molar-refractivity contribution in [2.45, 2.75) is 26.3 Å². The Balaban J connectivity index is 0.00000264. The van der Waals surface area contributed by atoms with E-state index in [9.17, 15) is 13.2 Å². The smallest absolute Gasteiger partial charge is 0.254 e. The molecule has 1 amide bonds. The summed E-state index contributed by atoms with van der Waals surface area (Å²) < 4.78 is 26.1. The lowest BCUT2D eigenvalue weighted by molar-refractivity contribution is 0.0709. The minimum Gasteiger partial charge on any atom is -0.336 e. The van der Waals surface area contributed by atoms with Gasteiger partial charge in [-0.25, -0.2) is 8.42 Å². The van der Waals surface area contributed by atoms with E-state index >= 15 is 0 Å². The van der Waals surface area contributed by atoms with Crippen molar-refractivity contribution in [2.75, 3.05) is 30.1 Å². The number of halogens is 1. The number of anilines is 1. The number of nitrogens with zero attached hydrogens (tertiary/aromatic N) is 1. The van der Waals surface area contributed by atoms with Crippen molar-refractivity contribution in [3.63, 3.8) is 0 Å². The van der Waals surface area contributed by atoms with Gasteiger partial charge in [-0.05, 0) is 31.5 Å². The predicted octanol–water partition coefficient (Wildman–Crippen LogP) is 1.69. The van der Waals surface area contributed by atoms with Crippen molar-refractivity contribution in [2.24, 2.45) is 0 Å². The summed E-state index contributed by atoms with van der Waals surface area (Å²) in [4.78, 5) is 14.3. The lowest BCUT2D eigenvalue weighted by Crippen LogP contribution is -2.51. The Morgan fingerprint density at radius 3 is 2.83 bits per heavy atom. The quantitative estimate of drug-likeness (QED) is 0.836. The molecule has 1 aromatic carbocycles. The molecule has 1 saturated heterocycles. The van der Waals surface area contributed by atoms with Crippen LogP contribution in [-0.2, 0) is 10.0 Å². The molecular formula is C15H24ClN3O3S. The van der Waals surface area contributed by atoms with E-state index < -0.39 is 10.0 Å². The van der Waals surface area contributed by atoms with Crippen molar-refractivity contribution >= 4 is 34.0 Å². The number of carbonyl (C=O) groups excluding carboxylic acids is 1. The molecule has 1 unspecified atom stereocenters. The van der Waals surface area contributed by atoms with Gasteiger partial charge in [-0.1, -0.05) is 13.0 Å². The van der Waals surface area contributed by atoms with Gasteiger partial charge in [-0.15, -0.1) is 12.4 Å². The first-order valence-electron chi connectivity index (χ1n) is 7.54. The molecule has 0 radical (unpaired) electrons. The number of rotatable bonds is 5. The van der Waals surface area contributed by atoms with Crippen LogP contribution in [0.2, 0.25) is 0 Å². The maximum atomic E-state index is 12.5. The molecular weight excluding hydrogens is 338 g/mol. The second kappa shape index (κ2) is 8.52. The van der Waals surface area contributed by atoms with Gasteiger partial charge >= 0.3 is 0 Å². The van der Waals surface area contributed by atoms with E-state index in [1.165, 1.54) is 0 Å². The maximum absolute atomic E-state index is 12.5. The Bertz CT molecular complexity index is 637. The number of carbonyl (C=O) groups is 1. The SMILES string of the molecule is CCCS(=O)(=O)Nc1cccc(C(=O)N2CCNC(C)C2)c1.Cl. The van der Waals surface area contributed by atoms with Crippen LogP contribution in [0.5, 0.6) is 0 Å². The summed E-state index contributed by atoms with van der Waals surface area (Å²) in [5.41, 5.74) is 0.938.